The van der Waals surface area contributed by atoms with Gasteiger partial charge in [0.15, 0.2) is 0 Å². The Morgan fingerprint density at radius 2 is 2.15 bits per heavy atom. The second-order valence-corrected chi connectivity index (χ2v) is 7.92. The van der Waals surface area contributed by atoms with Crippen LogP contribution in [-0.4, -0.2) is 66.1 Å². The molecule has 1 fully saturated rings. The average molecular weight is 365 g/mol. The van der Waals surface area contributed by atoms with Crippen LogP contribution in [0.1, 0.15) is 24.5 Å². The van der Waals surface area contributed by atoms with E-state index in [-0.39, 0.29) is 11.8 Å². The molecule has 1 aliphatic carbocycles. The average Bonchev–Trinajstić information content (AvgIpc) is 3.13. The van der Waals surface area contributed by atoms with E-state index >= 15 is 0 Å². The van der Waals surface area contributed by atoms with Crippen LogP contribution in [-0.2, 0) is 16.0 Å². The Balaban J connectivity index is 1.56. The fourth-order valence-electron chi connectivity index (χ4n) is 5.03. The number of amides is 1. The van der Waals surface area contributed by atoms with Crippen molar-refractivity contribution in [3.05, 3.63) is 41.6 Å². The summed E-state index contributed by atoms with van der Waals surface area (Å²) in [6.45, 7) is 6.83. The Bertz CT molecular complexity index is 894. The number of nitrogens with one attached hydrogen (secondary N) is 1. The smallest absolute Gasteiger partial charge is 0.230 e. The number of hydrogen-bond donors (Lipinski definition) is 1. The largest absolute Gasteiger partial charge is 0.378 e. The molecular weight excluding hydrogens is 338 g/mol. The van der Waals surface area contributed by atoms with Crippen LogP contribution in [0.2, 0.25) is 0 Å². The molecule has 1 aromatic carbocycles. The SMILES string of the molecule is CCCN1C[C@H](C(=O)N2CCOCC2)C=C2c3cccc4[nH]cc(c34)C[C@H]21. The summed E-state index contributed by atoms with van der Waals surface area (Å²) in [6, 6.07) is 6.88. The monoisotopic (exact) mass is 365 g/mol. The quantitative estimate of drug-likeness (QED) is 0.910. The van der Waals surface area contributed by atoms with E-state index in [9.17, 15) is 4.79 Å². The maximum Gasteiger partial charge on any atom is 0.230 e. The van der Waals surface area contributed by atoms with Crippen LogP contribution in [0.25, 0.3) is 16.5 Å². The highest BCUT2D eigenvalue weighted by molar-refractivity contribution is 5.99. The number of aromatic nitrogens is 1. The van der Waals surface area contributed by atoms with Crippen LogP contribution in [0.15, 0.2) is 30.5 Å². The number of nitrogens with zero attached hydrogens (tertiary/aromatic N) is 2. The number of hydrogen-bond acceptors (Lipinski definition) is 3. The number of carbonyl (C=O) groups is 1. The van der Waals surface area contributed by atoms with Crippen LogP contribution < -0.4 is 0 Å². The van der Waals surface area contributed by atoms with Gasteiger partial charge in [-0.2, -0.15) is 0 Å². The van der Waals surface area contributed by atoms with Crippen molar-refractivity contribution in [1.29, 1.82) is 0 Å². The molecule has 1 saturated heterocycles. The van der Waals surface area contributed by atoms with Gasteiger partial charge in [-0.15, -0.1) is 0 Å². The first-order valence-electron chi connectivity index (χ1n) is 10.2. The fourth-order valence-corrected chi connectivity index (χ4v) is 5.03. The van der Waals surface area contributed by atoms with E-state index in [1.807, 2.05) is 4.90 Å². The number of carbonyl (C=O) groups excluding carboxylic acids is 1. The number of benzene rings is 1. The lowest BCUT2D eigenvalue weighted by Gasteiger charge is -2.42. The van der Waals surface area contributed by atoms with E-state index in [1.165, 1.54) is 27.6 Å². The molecule has 5 nitrogen and oxygen atoms in total. The van der Waals surface area contributed by atoms with E-state index < -0.39 is 0 Å². The molecule has 0 saturated carbocycles. The molecule has 2 aliphatic heterocycles. The van der Waals surface area contributed by atoms with Crippen molar-refractivity contribution >= 4 is 22.4 Å². The van der Waals surface area contributed by atoms with Gasteiger partial charge in [-0.1, -0.05) is 25.1 Å². The highest BCUT2D eigenvalue weighted by atomic mass is 16.5. The minimum atomic E-state index is -0.0587. The van der Waals surface area contributed by atoms with E-state index in [1.54, 1.807) is 0 Å². The van der Waals surface area contributed by atoms with Gasteiger partial charge in [-0.25, -0.2) is 0 Å². The summed E-state index contributed by atoms with van der Waals surface area (Å²) in [5.74, 6) is 0.203. The van der Waals surface area contributed by atoms with Crippen molar-refractivity contribution in [1.82, 2.24) is 14.8 Å². The molecule has 142 valence electrons. The minimum Gasteiger partial charge on any atom is -0.378 e. The van der Waals surface area contributed by atoms with Gasteiger partial charge in [0.25, 0.3) is 0 Å². The molecule has 5 rings (SSSR count). The Morgan fingerprint density at radius 3 is 2.96 bits per heavy atom. The lowest BCUT2D eigenvalue weighted by molar-refractivity contribution is -0.139. The summed E-state index contributed by atoms with van der Waals surface area (Å²) < 4.78 is 5.43. The lowest BCUT2D eigenvalue weighted by Crippen LogP contribution is -2.51. The second kappa shape index (κ2) is 6.80. The molecule has 0 unspecified atom stereocenters. The summed E-state index contributed by atoms with van der Waals surface area (Å²) in [4.78, 5) is 21.2. The number of aromatic amines is 1. The first-order valence-corrected chi connectivity index (χ1v) is 10.2. The second-order valence-electron chi connectivity index (χ2n) is 7.92. The van der Waals surface area contributed by atoms with Gasteiger partial charge < -0.3 is 14.6 Å². The molecule has 27 heavy (non-hydrogen) atoms. The van der Waals surface area contributed by atoms with Crippen molar-refractivity contribution in [2.45, 2.75) is 25.8 Å². The molecule has 1 aromatic heterocycles. The molecule has 3 heterocycles. The number of morpholine rings is 1. The van der Waals surface area contributed by atoms with E-state index in [2.05, 4.69) is 47.3 Å². The van der Waals surface area contributed by atoms with Crippen molar-refractivity contribution in [3.63, 3.8) is 0 Å². The number of ether oxygens (including phenoxy) is 1. The molecule has 3 aliphatic rings. The van der Waals surface area contributed by atoms with E-state index in [4.69, 9.17) is 4.74 Å². The Labute approximate surface area is 160 Å². The van der Waals surface area contributed by atoms with Gasteiger partial charge >= 0.3 is 0 Å². The summed E-state index contributed by atoms with van der Waals surface area (Å²) in [6.07, 6.45) is 6.58. The highest BCUT2D eigenvalue weighted by Gasteiger charge is 2.38. The number of fused-ring (bicyclic) bond motifs is 2. The van der Waals surface area contributed by atoms with Gasteiger partial charge in [0.2, 0.25) is 5.91 Å². The van der Waals surface area contributed by atoms with Crippen LogP contribution in [0.5, 0.6) is 0 Å². The van der Waals surface area contributed by atoms with Crippen molar-refractivity contribution in [2.75, 3.05) is 39.4 Å². The molecule has 2 atom stereocenters. The Morgan fingerprint density at radius 1 is 1.30 bits per heavy atom. The minimum absolute atomic E-state index is 0.0587. The highest BCUT2D eigenvalue weighted by Crippen LogP contribution is 2.41. The van der Waals surface area contributed by atoms with Crippen LogP contribution >= 0.6 is 0 Å². The van der Waals surface area contributed by atoms with Gasteiger partial charge in [0.05, 0.1) is 19.1 Å². The molecule has 0 bridgehead atoms. The summed E-state index contributed by atoms with van der Waals surface area (Å²) >= 11 is 0. The predicted molar refractivity (Wildman–Crippen MR) is 107 cm³/mol. The van der Waals surface area contributed by atoms with Crippen LogP contribution in [0.3, 0.4) is 0 Å². The number of H-pyrrole nitrogens is 1. The van der Waals surface area contributed by atoms with E-state index in [0.717, 1.165) is 25.9 Å². The van der Waals surface area contributed by atoms with Crippen molar-refractivity contribution < 1.29 is 9.53 Å². The van der Waals surface area contributed by atoms with E-state index in [0.29, 0.717) is 32.3 Å². The van der Waals surface area contributed by atoms with Crippen LogP contribution in [0.4, 0.5) is 0 Å². The van der Waals surface area contributed by atoms with Gasteiger partial charge in [0, 0.05) is 42.8 Å². The zero-order valence-electron chi connectivity index (χ0n) is 15.9. The molecule has 2 aromatic rings. The summed E-state index contributed by atoms with van der Waals surface area (Å²) in [5, 5.41) is 1.34. The third-order valence-electron chi connectivity index (χ3n) is 6.27. The number of rotatable bonds is 3. The fraction of sp³-hybridized carbons (Fsp3) is 0.500. The summed E-state index contributed by atoms with van der Waals surface area (Å²) in [5.41, 5.74) is 5.26. The topological polar surface area (TPSA) is 48.6 Å². The predicted octanol–water partition coefficient (Wildman–Crippen LogP) is 2.68. The third kappa shape index (κ3) is 2.80. The maximum atomic E-state index is 13.2. The standard InChI is InChI=1S/C22H27N3O2/c1-2-6-25-14-16(22(26)24-7-9-27-10-8-24)11-18-17-4-3-5-19-21(17)15(13-23-19)12-20(18)25/h3-5,11,13,16,20,23H,2,6-10,12,14H2,1H3/t16-,20-/m1/s1. The molecule has 1 amide bonds. The lowest BCUT2D eigenvalue weighted by atomic mass is 9.79. The van der Waals surface area contributed by atoms with Crippen LogP contribution in [0, 0.1) is 5.92 Å². The van der Waals surface area contributed by atoms with Gasteiger partial charge in [-0.05, 0) is 42.2 Å². The summed E-state index contributed by atoms with van der Waals surface area (Å²) in [7, 11) is 0. The Hall–Kier alpha value is -2.11. The first-order chi connectivity index (χ1) is 13.3. The van der Waals surface area contributed by atoms with Gasteiger partial charge in [0.1, 0.15) is 0 Å². The zero-order chi connectivity index (χ0) is 18.4. The van der Waals surface area contributed by atoms with Crippen molar-refractivity contribution in [3.8, 4) is 0 Å². The van der Waals surface area contributed by atoms with Crippen molar-refractivity contribution in [2.24, 2.45) is 5.92 Å². The third-order valence-corrected chi connectivity index (χ3v) is 6.27. The molecule has 5 heteroatoms. The zero-order valence-corrected chi connectivity index (χ0v) is 15.9. The molecule has 0 radical (unpaired) electrons. The molecule has 1 N–H and O–H groups in total. The molecule has 0 spiro atoms. The Kier molecular flexibility index (Phi) is 4.29. The maximum absolute atomic E-state index is 13.2. The normalized spacial score (nSPS) is 25.4. The van der Waals surface area contributed by atoms with Gasteiger partial charge in [-0.3, -0.25) is 9.69 Å². The first kappa shape index (κ1) is 17.0. The molecular formula is C22H27N3O2.